The Balaban J connectivity index is 2.46. The van der Waals surface area contributed by atoms with Crippen molar-refractivity contribution in [2.75, 3.05) is 4.72 Å². The van der Waals surface area contributed by atoms with E-state index in [9.17, 15) is 17.6 Å². The predicted molar refractivity (Wildman–Crippen MR) is 81.5 cm³/mol. The van der Waals surface area contributed by atoms with Crippen LogP contribution in [0.15, 0.2) is 29.7 Å². The number of carboxylic acids is 1. The summed E-state index contributed by atoms with van der Waals surface area (Å²) in [5.74, 6) is -2.57. The number of nitrogens with one attached hydrogen (secondary N) is 1. The van der Waals surface area contributed by atoms with Crippen LogP contribution in [0.3, 0.4) is 0 Å². The predicted octanol–water partition coefficient (Wildman–Crippen LogP) is 2.41. The van der Waals surface area contributed by atoms with Gasteiger partial charge in [0.05, 0.1) is 12.0 Å². The van der Waals surface area contributed by atoms with Gasteiger partial charge in [-0.1, -0.05) is 0 Å². The van der Waals surface area contributed by atoms with Gasteiger partial charge in [0, 0.05) is 12.2 Å². The van der Waals surface area contributed by atoms with Gasteiger partial charge in [0.15, 0.2) is 5.03 Å². The Bertz CT molecular complexity index is 859. The molecule has 9 heteroatoms. The lowest BCUT2D eigenvalue weighted by molar-refractivity contribution is 0.0693. The van der Waals surface area contributed by atoms with Gasteiger partial charge in [-0.25, -0.2) is 14.2 Å². The molecular weight excluding hydrogens is 325 g/mol. The van der Waals surface area contributed by atoms with Crippen LogP contribution >= 0.6 is 0 Å². The van der Waals surface area contributed by atoms with E-state index in [1.165, 1.54) is 25.5 Å². The molecule has 1 aromatic carbocycles. The summed E-state index contributed by atoms with van der Waals surface area (Å²) in [6.45, 7) is 5.23. The molecule has 0 atom stereocenters. The minimum Gasteiger partial charge on any atom is -0.478 e. The zero-order valence-electron chi connectivity index (χ0n) is 12.7. The summed E-state index contributed by atoms with van der Waals surface area (Å²) in [6.07, 6.45) is 2.67. The number of aromatic nitrogens is 2. The molecule has 2 N–H and O–H groups in total. The molecule has 2 aromatic rings. The molecule has 0 spiro atoms. The maximum absolute atomic E-state index is 13.8. The van der Waals surface area contributed by atoms with Crippen molar-refractivity contribution in [3.05, 3.63) is 41.6 Å². The molecule has 0 saturated heterocycles. The van der Waals surface area contributed by atoms with E-state index in [4.69, 9.17) is 5.11 Å². The lowest BCUT2D eigenvalue weighted by Crippen LogP contribution is -2.17. The molecule has 2 rings (SSSR count). The number of aromatic carboxylic acids is 1. The molecule has 0 fully saturated rings. The standard InChI is InChI=1S/C14H16FN3O4S/c1-8(2)18-6-12(16-7-18)23(21,22)17-11-5-9(3)4-10(15)13(11)14(19)20/h4-8,17H,1-3H3,(H,19,20). The summed E-state index contributed by atoms with van der Waals surface area (Å²) in [4.78, 5) is 15.0. The molecule has 0 unspecified atom stereocenters. The van der Waals surface area contributed by atoms with Crippen LogP contribution in [0.4, 0.5) is 10.1 Å². The molecule has 0 aliphatic rings. The summed E-state index contributed by atoms with van der Waals surface area (Å²) < 4.78 is 42.2. The molecule has 23 heavy (non-hydrogen) atoms. The van der Waals surface area contributed by atoms with Crippen LogP contribution in [0.25, 0.3) is 0 Å². The number of imidazole rings is 1. The first kappa shape index (κ1) is 16.9. The average molecular weight is 341 g/mol. The Morgan fingerprint density at radius 3 is 2.57 bits per heavy atom. The van der Waals surface area contributed by atoms with Gasteiger partial charge < -0.3 is 9.67 Å². The third-order valence-electron chi connectivity index (χ3n) is 3.14. The fraction of sp³-hybridized carbons (Fsp3) is 0.286. The van der Waals surface area contributed by atoms with Crippen LogP contribution in [0.2, 0.25) is 0 Å². The van der Waals surface area contributed by atoms with Crippen molar-refractivity contribution < 1.29 is 22.7 Å². The van der Waals surface area contributed by atoms with Crippen molar-refractivity contribution in [2.24, 2.45) is 0 Å². The van der Waals surface area contributed by atoms with Gasteiger partial charge >= 0.3 is 5.97 Å². The van der Waals surface area contributed by atoms with E-state index in [1.54, 1.807) is 4.57 Å². The monoisotopic (exact) mass is 341 g/mol. The maximum Gasteiger partial charge on any atom is 0.340 e. The van der Waals surface area contributed by atoms with Crippen LogP contribution in [0.5, 0.6) is 0 Å². The first-order chi connectivity index (χ1) is 10.6. The average Bonchev–Trinajstić information content (AvgIpc) is 2.86. The number of aryl methyl sites for hydroxylation is 1. The zero-order valence-corrected chi connectivity index (χ0v) is 13.6. The van der Waals surface area contributed by atoms with E-state index in [-0.39, 0.29) is 16.8 Å². The number of hydrogen-bond acceptors (Lipinski definition) is 4. The smallest absolute Gasteiger partial charge is 0.340 e. The first-order valence-electron chi connectivity index (χ1n) is 6.71. The number of carbonyl (C=O) groups is 1. The Hall–Kier alpha value is -2.42. The lowest BCUT2D eigenvalue weighted by Gasteiger charge is -2.11. The summed E-state index contributed by atoms with van der Waals surface area (Å²) in [7, 11) is -4.13. The van der Waals surface area contributed by atoms with Gasteiger partial charge in [-0.2, -0.15) is 8.42 Å². The van der Waals surface area contributed by atoms with Crippen molar-refractivity contribution in [1.29, 1.82) is 0 Å². The zero-order chi connectivity index (χ0) is 17.4. The van der Waals surface area contributed by atoms with Gasteiger partial charge in [-0.15, -0.1) is 0 Å². The first-order valence-corrected chi connectivity index (χ1v) is 8.20. The van der Waals surface area contributed by atoms with Crippen molar-refractivity contribution in [3.63, 3.8) is 0 Å². The van der Waals surface area contributed by atoms with Gasteiger partial charge in [0.25, 0.3) is 10.0 Å². The Labute approximate surface area is 132 Å². The highest BCUT2D eigenvalue weighted by molar-refractivity contribution is 7.92. The van der Waals surface area contributed by atoms with Gasteiger partial charge in [0.1, 0.15) is 11.4 Å². The van der Waals surface area contributed by atoms with E-state index in [2.05, 4.69) is 9.71 Å². The fourth-order valence-electron chi connectivity index (χ4n) is 1.98. The highest BCUT2D eigenvalue weighted by Gasteiger charge is 2.24. The van der Waals surface area contributed by atoms with Gasteiger partial charge in [-0.05, 0) is 38.5 Å². The number of halogens is 1. The highest BCUT2D eigenvalue weighted by Crippen LogP contribution is 2.24. The second-order valence-electron chi connectivity index (χ2n) is 5.33. The Kier molecular flexibility index (Phi) is 4.42. The van der Waals surface area contributed by atoms with E-state index < -0.39 is 27.4 Å². The van der Waals surface area contributed by atoms with E-state index in [0.29, 0.717) is 5.56 Å². The van der Waals surface area contributed by atoms with Crippen LogP contribution in [0, 0.1) is 12.7 Å². The van der Waals surface area contributed by atoms with Crippen molar-refractivity contribution in [3.8, 4) is 0 Å². The van der Waals surface area contributed by atoms with E-state index in [0.717, 1.165) is 6.07 Å². The number of hydrogen-bond donors (Lipinski definition) is 2. The van der Waals surface area contributed by atoms with E-state index >= 15 is 0 Å². The number of sulfonamides is 1. The third-order valence-corrected chi connectivity index (χ3v) is 4.39. The molecule has 0 amide bonds. The second-order valence-corrected chi connectivity index (χ2v) is 6.96. The maximum atomic E-state index is 13.8. The van der Waals surface area contributed by atoms with Crippen molar-refractivity contribution in [2.45, 2.75) is 31.8 Å². The van der Waals surface area contributed by atoms with Crippen LogP contribution in [-0.2, 0) is 10.0 Å². The van der Waals surface area contributed by atoms with Crippen molar-refractivity contribution in [1.82, 2.24) is 9.55 Å². The molecule has 1 aromatic heterocycles. The minimum atomic E-state index is -4.13. The Morgan fingerprint density at radius 2 is 2.04 bits per heavy atom. The normalized spacial score (nSPS) is 11.7. The SMILES string of the molecule is Cc1cc(F)c(C(=O)O)c(NS(=O)(=O)c2cn(C(C)C)cn2)c1. The minimum absolute atomic E-state index is 0.0115. The molecule has 0 aliphatic carbocycles. The Morgan fingerprint density at radius 1 is 1.39 bits per heavy atom. The third kappa shape index (κ3) is 3.50. The summed E-state index contributed by atoms with van der Waals surface area (Å²) in [5, 5.41) is 8.81. The molecule has 0 bridgehead atoms. The molecule has 124 valence electrons. The lowest BCUT2D eigenvalue weighted by atomic mass is 10.1. The van der Waals surface area contributed by atoms with Crippen LogP contribution in [0.1, 0.15) is 35.8 Å². The van der Waals surface area contributed by atoms with Gasteiger partial charge in [-0.3, -0.25) is 4.72 Å². The number of rotatable bonds is 5. The molecule has 1 heterocycles. The van der Waals surface area contributed by atoms with Crippen LogP contribution in [-0.4, -0.2) is 29.0 Å². The quantitative estimate of drug-likeness (QED) is 0.869. The molecule has 0 aliphatic heterocycles. The molecule has 7 nitrogen and oxygen atoms in total. The molecular formula is C14H16FN3O4S. The topological polar surface area (TPSA) is 101 Å². The second kappa shape index (κ2) is 5.99. The summed E-state index contributed by atoms with van der Waals surface area (Å²) in [6, 6.07) is 2.29. The number of carboxylic acid groups (broad SMARTS) is 1. The van der Waals surface area contributed by atoms with Crippen molar-refractivity contribution >= 4 is 21.7 Å². The largest absolute Gasteiger partial charge is 0.478 e. The number of anilines is 1. The molecule has 0 saturated carbocycles. The van der Waals surface area contributed by atoms with E-state index in [1.807, 2.05) is 13.8 Å². The molecule has 0 radical (unpaired) electrons. The number of benzene rings is 1. The van der Waals surface area contributed by atoms with Gasteiger partial charge in [0.2, 0.25) is 0 Å². The number of nitrogens with zero attached hydrogens (tertiary/aromatic N) is 2. The summed E-state index contributed by atoms with van der Waals surface area (Å²) in [5.41, 5.74) is -0.686. The fourth-order valence-corrected chi connectivity index (χ4v) is 2.98. The highest BCUT2D eigenvalue weighted by atomic mass is 32.2. The van der Waals surface area contributed by atoms with Crippen LogP contribution < -0.4 is 4.72 Å². The summed E-state index contributed by atoms with van der Waals surface area (Å²) >= 11 is 0.